The summed E-state index contributed by atoms with van der Waals surface area (Å²) in [5.41, 5.74) is 3.26. The summed E-state index contributed by atoms with van der Waals surface area (Å²) in [6.07, 6.45) is 4.13. The maximum Gasteiger partial charge on any atom is 0.301 e. The number of aromatic nitrogens is 2. The molecule has 4 aromatic rings. The van der Waals surface area contributed by atoms with Crippen LogP contribution in [0.15, 0.2) is 67.0 Å². The maximum absolute atomic E-state index is 11.6. The van der Waals surface area contributed by atoms with Gasteiger partial charge in [0, 0.05) is 24.3 Å². The average molecular weight is 344 g/mol. The number of pyridine rings is 2. The fourth-order valence-electron chi connectivity index (χ4n) is 3.18. The topological polar surface area (TPSA) is 81.0 Å². The molecule has 0 spiro atoms. The predicted octanol–water partition coefficient (Wildman–Crippen LogP) is 4.35. The third-order valence-electron chi connectivity index (χ3n) is 4.37. The smallest absolute Gasteiger partial charge is 0.301 e. The highest BCUT2D eigenvalue weighted by atomic mass is 16.6. The van der Waals surface area contributed by atoms with Gasteiger partial charge in [0.1, 0.15) is 5.69 Å². The van der Waals surface area contributed by atoms with Gasteiger partial charge in [0.2, 0.25) is 0 Å². The van der Waals surface area contributed by atoms with Crippen LogP contribution in [0.1, 0.15) is 5.56 Å². The average Bonchev–Trinajstić information content (AvgIpc) is 2.67. The van der Waals surface area contributed by atoms with Gasteiger partial charge in [-0.1, -0.05) is 24.3 Å². The van der Waals surface area contributed by atoms with Gasteiger partial charge in [-0.3, -0.25) is 20.1 Å². The summed E-state index contributed by atoms with van der Waals surface area (Å²) in [5.74, 6) is 0. The molecule has 2 aromatic carbocycles. The lowest BCUT2D eigenvalue weighted by molar-refractivity contribution is -0.382. The van der Waals surface area contributed by atoms with Crippen LogP contribution in [-0.2, 0) is 6.42 Å². The highest BCUT2D eigenvalue weighted by Gasteiger charge is 2.18. The number of benzene rings is 2. The van der Waals surface area contributed by atoms with Crippen molar-refractivity contribution in [2.45, 2.75) is 6.42 Å². The van der Waals surface area contributed by atoms with E-state index in [-0.39, 0.29) is 10.6 Å². The molecule has 128 valence electrons. The van der Waals surface area contributed by atoms with Gasteiger partial charge in [-0.05, 0) is 42.3 Å². The SMILES string of the molecule is O=[N+]([O-])c1c(NCCc2cccc3cccnc23)ccc2ncccc12. The Morgan fingerprint density at radius 2 is 1.77 bits per heavy atom. The van der Waals surface area contributed by atoms with Crippen molar-refractivity contribution < 1.29 is 4.92 Å². The normalized spacial score (nSPS) is 10.9. The number of anilines is 1. The lowest BCUT2D eigenvalue weighted by Gasteiger charge is -2.10. The van der Waals surface area contributed by atoms with Gasteiger partial charge in [-0.15, -0.1) is 0 Å². The number of nitrogens with one attached hydrogen (secondary N) is 1. The zero-order valence-corrected chi connectivity index (χ0v) is 13.9. The molecule has 2 heterocycles. The number of hydrogen-bond donors (Lipinski definition) is 1. The van der Waals surface area contributed by atoms with Gasteiger partial charge in [0.15, 0.2) is 0 Å². The molecule has 0 radical (unpaired) electrons. The number of hydrogen-bond acceptors (Lipinski definition) is 5. The van der Waals surface area contributed by atoms with Crippen LogP contribution in [-0.4, -0.2) is 21.4 Å². The second-order valence-corrected chi connectivity index (χ2v) is 5.96. The molecule has 0 unspecified atom stereocenters. The Bertz CT molecular complexity index is 1110. The van der Waals surface area contributed by atoms with E-state index in [2.05, 4.69) is 15.3 Å². The Balaban J connectivity index is 1.60. The van der Waals surface area contributed by atoms with E-state index in [0.717, 1.165) is 22.9 Å². The largest absolute Gasteiger partial charge is 0.379 e. The Labute approximate surface area is 149 Å². The molecular formula is C20H16N4O2. The lowest BCUT2D eigenvalue weighted by atomic mass is 10.1. The fourth-order valence-corrected chi connectivity index (χ4v) is 3.18. The van der Waals surface area contributed by atoms with E-state index in [1.165, 1.54) is 0 Å². The minimum Gasteiger partial charge on any atom is -0.379 e. The predicted molar refractivity (Wildman–Crippen MR) is 102 cm³/mol. The van der Waals surface area contributed by atoms with Crippen molar-refractivity contribution in [1.82, 2.24) is 9.97 Å². The van der Waals surface area contributed by atoms with Crippen LogP contribution in [0.4, 0.5) is 11.4 Å². The minimum absolute atomic E-state index is 0.0617. The van der Waals surface area contributed by atoms with Crippen molar-refractivity contribution in [3.63, 3.8) is 0 Å². The van der Waals surface area contributed by atoms with Crippen molar-refractivity contribution in [2.75, 3.05) is 11.9 Å². The molecule has 6 heteroatoms. The van der Waals surface area contributed by atoms with Crippen LogP contribution in [0.2, 0.25) is 0 Å². The van der Waals surface area contributed by atoms with Gasteiger partial charge in [0.05, 0.1) is 21.3 Å². The van der Waals surface area contributed by atoms with Gasteiger partial charge in [0.25, 0.3) is 0 Å². The second kappa shape index (κ2) is 6.76. The number of nitrogens with zero attached hydrogens (tertiary/aromatic N) is 3. The summed E-state index contributed by atoms with van der Waals surface area (Å²) in [7, 11) is 0. The highest BCUT2D eigenvalue weighted by Crippen LogP contribution is 2.32. The van der Waals surface area contributed by atoms with Crippen LogP contribution < -0.4 is 5.32 Å². The van der Waals surface area contributed by atoms with Crippen molar-refractivity contribution in [2.24, 2.45) is 0 Å². The molecular weight excluding hydrogens is 328 g/mol. The van der Waals surface area contributed by atoms with Gasteiger partial charge >= 0.3 is 5.69 Å². The monoisotopic (exact) mass is 344 g/mol. The van der Waals surface area contributed by atoms with Crippen LogP contribution >= 0.6 is 0 Å². The first kappa shape index (κ1) is 16.0. The Kier molecular flexibility index (Phi) is 4.15. The highest BCUT2D eigenvalue weighted by molar-refractivity contribution is 5.94. The van der Waals surface area contributed by atoms with Crippen LogP contribution in [0.25, 0.3) is 21.8 Å². The molecule has 0 saturated heterocycles. The first-order chi connectivity index (χ1) is 12.7. The Hall–Kier alpha value is -3.54. The molecule has 0 bridgehead atoms. The number of para-hydroxylation sites is 1. The number of fused-ring (bicyclic) bond motifs is 2. The van der Waals surface area contributed by atoms with Gasteiger partial charge in [-0.25, -0.2) is 0 Å². The van der Waals surface area contributed by atoms with E-state index in [4.69, 9.17) is 0 Å². The maximum atomic E-state index is 11.6. The first-order valence-corrected chi connectivity index (χ1v) is 8.32. The van der Waals surface area contributed by atoms with Crippen molar-refractivity contribution in [3.8, 4) is 0 Å². The molecule has 6 nitrogen and oxygen atoms in total. The van der Waals surface area contributed by atoms with Crippen molar-refractivity contribution in [3.05, 3.63) is 82.7 Å². The van der Waals surface area contributed by atoms with Crippen LogP contribution in [0.5, 0.6) is 0 Å². The van der Waals surface area contributed by atoms with E-state index in [0.29, 0.717) is 23.1 Å². The molecule has 1 N–H and O–H groups in total. The Morgan fingerprint density at radius 1 is 0.962 bits per heavy atom. The summed E-state index contributed by atoms with van der Waals surface area (Å²) >= 11 is 0. The van der Waals surface area contributed by atoms with Gasteiger partial charge in [-0.2, -0.15) is 0 Å². The molecule has 0 amide bonds. The number of rotatable bonds is 5. The minimum atomic E-state index is -0.355. The summed E-state index contributed by atoms with van der Waals surface area (Å²) in [4.78, 5) is 19.9. The summed E-state index contributed by atoms with van der Waals surface area (Å²) in [6, 6.07) is 17.0. The molecule has 0 aliphatic heterocycles. The molecule has 0 aliphatic rings. The number of nitro benzene ring substituents is 1. The summed E-state index contributed by atoms with van der Waals surface area (Å²) < 4.78 is 0. The fraction of sp³-hybridized carbons (Fsp3) is 0.100. The van der Waals surface area contributed by atoms with E-state index in [9.17, 15) is 10.1 Å². The quantitative estimate of drug-likeness (QED) is 0.430. The summed E-state index contributed by atoms with van der Waals surface area (Å²) in [6.45, 7) is 0.572. The molecule has 0 atom stereocenters. The molecule has 0 fully saturated rings. The standard InChI is InChI=1S/C20H16N4O2/c25-24(26)20-16-7-3-11-21-17(16)8-9-18(20)22-13-10-15-5-1-4-14-6-2-12-23-19(14)15/h1-9,11-12,22H,10,13H2. The molecule has 26 heavy (non-hydrogen) atoms. The van der Waals surface area contributed by atoms with Crippen molar-refractivity contribution in [1.29, 1.82) is 0 Å². The lowest BCUT2D eigenvalue weighted by Crippen LogP contribution is -2.08. The summed E-state index contributed by atoms with van der Waals surface area (Å²) in [5, 5.41) is 16.4. The first-order valence-electron chi connectivity index (χ1n) is 8.32. The zero-order chi connectivity index (χ0) is 17.9. The van der Waals surface area contributed by atoms with Crippen molar-refractivity contribution >= 4 is 33.2 Å². The molecule has 2 aromatic heterocycles. The third-order valence-corrected chi connectivity index (χ3v) is 4.37. The van der Waals surface area contributed by atoms with E-state index >= 15 is 0 Å². The Morgan fingerprint density at radius 3 is 2.65 bits per heavy atom. The van der Waals surface area contributed by atoms with Crippen LogP contribution in [0, 0.1) is 10.1 Å². The zero-order valence-electron chi connectivity index (χ0n) is 13.9. The van der Waals surface area contributed by atoms with E-state index < -0.39 is 0 Å². The molecule has 4 rings (SSSR count). The number of nitro groups is 1. The third kappa shape index (κ3) is 2.93. The van der Waals surface area contributed by atoms with Crippen LogP contribution in [0.3, 0.4) is 0 Å². The van der Waals surface area contributed by atoms with Gasteiger partial charge < -0.3 is 5.32 Å². The van der Waals surface area contributed by atoms with E-state index in [1.807, 2.05) is 30.3 Å². The van der Waals surface area contributed by atoms with E-state index in [1.54, 1.807) is 36.7 Å². The molecule has 0 saturated carbocycles. The molecule has 0 aliphatic carbocycles. The second-order valence-electron chi connectivity index (χ2n) is 5.96.